The van der Waals surface area contributed by atoms with Crippen molar-refractivity contribution in [3.05, 3.63) is 59.7 Å². The van der Waals surface area contributed by atoms with Crippen molar-refractivity contribution in [3.63, 3.8) is 0 Å². The summed E-state index contributed by atoms with van der Waals surface area (Å²) in [5.41, 5.74) is 2.44. The van der Waals surface area contributed by atoms with Crippen LogP contribution in [0.1, 0.15) is 49.3 Å². The first kappa shape index (κ1) is 22.6. The fourth-order valence-electron chi connectivity index (χ4n) is 3.89. The van der Waals surface area contributed by atoms with Gasteiger partial charge in [-0.3, -0.25) is 0 Å². The molecule has 4 nitrogen and oxygen atoms in total. The van der Waals surface area contributed by atoms with Crippen LogP contribution in [-0.4, -0.2) is 56.7 Å². The van der Waals surface area contributed by atoms with Gasteiger partial charge in [-0.2, -0.15) is 0 Å². The number of aryl methyl sites for hydroxylation is 1. The summed E-state index contributed by atoms with van der Waals surface area (Å²) in [6, 6.07) is 16.8. The molecule has 0 saturated carbocycles. The second-order valence-electron chi connectivity index (χ2n) is 8.68. The third-order valence-corrected chi connectivity index (χ3v) is 5.73. The minimum atomic E-state index is 0.0308. The molecule has 1 aliphatic heterocycles. The lowest BCUT2D eigenvalue weighted by molar-refractivity contribution is 0.179. The van der Waals surface area contributed by atoms with Crippen molar-refractivity contribution in [1.82, 2.24) is 9.80 Å². The molecule has 1 aliphatic rings. The van der Waals surface area contributed by atoms with Gasteiger partial charge in [-0.05, 0) is 83.2 Å². The van der Waals surface area contributed by atoms with Crippen molar-refractivity contribution >= 4 is 0 Å². The van der Waals surface area contributed by atoms with Crippen LogP contribution in [0, 0.1) is 6.92 Å². The van der Waals surface area contributed by atoms with Crippen LogP contribution < -0.4 is 9.47 Å². The second-order valence-corrected chi connectivity index (χ2v) is 8.68. The van der Waals surface area contributed by atoms with Crippen molar-refractivity contribution in [2.45, 2.75) is 45.1 Å². The van der Waals surface area contributed by atoms with Gasteiger partial charge in [-0.1, -0.05) is 36.2 Å². The van der Waals surface area contributed by atoms with Gasteiger partial charge in [-0.15, -0.1) is 0 Å². The molecule has 1 atom stereocenters. The summed E-state index contributed by atoms with van der Waals surface area (Å²) in [7, 11) is 4.20. The van der Waals surface area contributed by atoms with E-state index in [0.29, 0.717) is 0 Å². The van der Waals surface area contributed by atoms with E-state index in [1.165, 1.54) is 43.5 Å². The molecule has 1 saturated heterocycles. The first-order chi connectivity index (χ1) is 14.6. The van der Waals surface area contributed by atoms with Gasteiger partial charge in [0, 0.05) is 19.5 Å². The van der Waals surface area contributed by atoms with Gasteiger partial charge >= 0.3 is 0 Å². The summed E-state index contributed by atoms with van der Waals surface area (Å²) >= 11 is 0. The lowest BCUT2D eigenvalue weighted by atomic mass is 10.1. The Hall–Kier alpha value is -2.04. The van der Waals surface area contributed by atoms with Crippen LogP contribution in [0.2, 0.25) is 0 Å². The molecule has 0 amide bonds. The van der Waals surface area contributed by atoms with Gasteiger partial charge in [0.15, 0.2) is 0 Å². The third-order valence-electron chi connectivity index (χ3n) is 5.73. The average molecular weight is 411 g/mol. The van der Waals surface area contributed by atoms with Crippen LogP contribution in [0.4, 0.5) is 0 Å². The molecule has 1 heterocycles. The second kappa shape index (κ2) is 12.0. The fourth-order valence-corrected chi connectivity index (χ4v) is 3.89. The Balaban J connectivity index is 1.52. The number of hydrogen-bond acceptors (Lipinski definition) is 4. The number of benzene rings is 2. The van der Waals surface area contributed by atoms with E-state index in [0.717, 1.165) is 44.0 Å². The third kappa shape index (κ3) is 7.66. The highest BCUT2D eigenvalue weighted by atomic mass is 16.5. The van der Waals surface area contributed by atoms with Gasteiger partial charge in [0.2, 0.25) is 0 Å². The molecular formula is C26H38N2O2. The number of piperidine rings is 1. The molecule has 0 aromatic heterocycles. The molecule has 0 spiro atoms. The number of ether oxygens (including phenoxy) is 2. The number of hydrogen-bond donors (Lipinski definition) is 0. The van der Waals surface area contributed by atoms with Crippen molar-refractivity contribution in [1.29, 1.82) is 0 Å². The van der Waals surface area contributed by atoms with Gasteiger partial charge in [-0.25, -0.2) is 0 Å². The maximum absolute atomic E-state index is 6.34. The maximum Gasteiger partial charge on any atom is 0.125 e. The zero-order valence-electron chi connectivity index (χ0n) is 19.0. The lowest BCUT2D eigenvalue weighted by Gasteiger charge is -2.26. The van der Waals surface area contributed by atoms with E-state index in [1.807, 2.05) is 0 Å². The van der Waals surface area contributed by atoms with Gasteiger partial charge < -0.3 is 19.3 Å². The minimum absolute atomic E-state index is 0.0308. The van der Waals surface area contributed by atoms with Crippen LogP contribution in [0.3, 0.4) is 0 Å². The highest BCUT2D eigenvalue weighted by molar-refractivity contribution is 5.31. The normalized spacial score (nSPS) is 15.9. The first-order valence-electron chi connectivity index (χ1n) is 11.4. The Morgan fingerprint density at radius 3 is 2.23 bits per heavy atom. The van der Waals surface area contributed by atoms with E-state index < -0.39 is 0 Å². The smallest absolute Gasteiger partial charge is 0.125 e. The molecule has 3 rings (SSSR count). The van der Waals surface area contributed by atoms with Gasteiger partial charge in [0.05, 0.1) is 6.61 Å². The Bertz CT molecular complexity index is 722. The lowest BCUT2D eigenvalue weighted by Crippen LogP contribution is -2.31. The standard InChI is InChI=1S/C26H38N2O2/c1-22-8-12-25(13-9-22)30-26(16-20-27(2)3)23-10-14-24(15-11-23)29-21-7-19-28-17-5-4-6-18-28/h8-15,26H,4-7,16-21H2,1-3H3. The van der Waals surface area contributed by atoms with E-state index in [9.17, 15) is 0 Å². The first-order valence-corrected chi connectivity index (χ1v) is 11.4. The van der Waals surface area contributed by atoms with E-state index in [-0.39, 0.29) is 6.10 Å². The summed E-state index contributed by atoms with van der Waals surface area (Å²) < 4.78 is 12.3. The van der Waals surface area contributed by atoms with Crippen LogP contribution in [0.25, 0.3) is 0 Å². The topological polar surface area (TPSA) is 24.9 Å². The van der Waals surface area contributed by atoms with Crippen molar-refractivity contribution in [2.75, 3.05) is 46.9 Å². The zero-order chi connectivity index (χ0) is 21.2. The van der Waals surface area contributed by atoms with Crippen molar-refractivity contribution in [2.24, 2.45) is 0 Å². The summed E-state index contributed by atoms with van der Waals surface area (Å²) in [5.74, 6) is 1.86. The molecule has 1 unspecified atom stereocenters. The maximum atomic E-state index is 6.34. The fraction of sp³-hybridized carbons (Fsp3) is 0.538. The largest absolute Gasteiger partial charge is 0.494 e. The summed E-state index contributed by atoms with van der Waals surface area (Å²) in [6.45, 7) is 7.51. The van der Waals surface area contributed by atoms with Gasteiger partial charge in [0.25, 0.3) is 0 Å². The molecule has 0 radical (unpaired) electrons. The molecule has 1 fully saturated rings. The van der Waals surface area contributed by atoms with Crippen LogP contribution in [-0.2, 0) is 0 Å². The Morgan fingerprint density at radius 1 is 0.900 bits per heavy atom. The van der Waals surface area contributed by atoms with E-state index >= 15 is 0 Å². The zero-order valence-corrected chi connectivity index (χ0v) is 19.0. The summed E-state index contributed by atoms with van der Waals surface area (Å²) in [5, 5.41) is 0. The molecule has 4 heteroatoms. The summed E-state index contributed by atoms with van der Waals surface area (Å²) in [4.78, 5) is 4.76. The predicted molar refractivity (Wildman–Crippen MR) is 125 cm³/mol. The van der Waals surface area contributed by atoms with Crippen LogP contribution in [0.15, 0.2) is 48.5 Å². The van der Waals surface area contributed by atoms with E-state index in [4.69, 9.17) is 9.47 Å². The van der Waals surface area contributed by atoms with E-state index in [2.05, 4.69) is 79.3 Å². The highest BCUT2D eigenvalue weighted by Gasteiger charge is 2.15. The Morgan fingerprint density at radius 2 is 1.57 bits per heavy atom. The summed E-state index contributed by atoms with van der Waals surface area (Å²) in [6.07, 6.45) is 6.15. The monoisotopic (exact) mass is 410 g/mol. The molecular weight excluding hydrogens is 372 g/mol. The molecule has 0 N–H and O–H groups in total. The molecule has 0 bridgehead atoms. The highest BCUT2D eigenvalue weighted by Crippen LogP contribution is 2.27. The average Bonchev–Trinajstić information content (AvgIpc) is 2.77. The van der Waals surface area contributed by atoms with E-state index in [1.54, 1.807) is 0 Å². The molecule has 2 aromatic carbocycles. The Labute approximate surface area is 182 Å². The molecule has 0 aliphatic carbocycles. The number of nitrogens with zero attached hydrogens (tertiary/aromatic N) is 2. The molecule has 2 aromatic rings. The quantitative estimate of drug-likeness (QED) is 0.468. The van der Waals surface area contributed by atoms with Crippen molar-refractivity contribution < 1.29 is 9.47 Å². The number of likely N-dealkylation sites (tertiary alicyclic amines) is 1. The van der Waals surface area contributed by atoms with Gasteiger partial charge in [0.1, 0.15) is 17.6 Å². The minimum Gasteiger partial charge on any atom is -0.494 e. The Kier molecular flexibility index (Phi) is 9.03. The molecule has 164 valence electrons. The SMILES string of the molecule is Cc1ccc(OC(CCN(C)C)c2ccc(OCCCN3CCCCC3)cc2)cc1. The predicted octanol–water partition coefficient (Wildman–Crippen LogP) is 5.32. The number of rotatable bonds is 11. The van der Waals surface area contributed by atoms with Crippen molar-refractivity contribution in [3.8, 4) is 11.5 Å². The molecule has 30 heavy (non-hydrogen) atoms. The van der Waals surface area contributed by atoms with Crippen LogP contribution in [0.5, 0.6) is 11.5 Å². The van der Waals surface area contributed by atoms with Crippen LogP contribution >= 0.6 is 0 Å².